The summed E-state index contributed by atoms with van der Waals surface area (Å²) in [5, 5.41) is 0.581. The second-order valence-corrected chi connectivity index (χ2v) is 7.66. The zero-order valence-electron chi connectivity index (χ0n) is 16.4. The average Bonchev–Trinajstić information content (AvgIpc) is 2.65. The number of methoxy groups -OCH3 is 1. The predicted molar refractivity (Wildman–Crippen MR) is 110 cm³/mol. The number of halogens is 1. The molecule has 27 heavy (non-hydrogen) atoms. The van der Waals surface area contributed by atoms with Gasteiger partial charge >= 0.3 is 0 Å². The molecule has 1 aliphatic heterocycles. The average molecular weight is 390 g/mol. The SMILES string of the molecule is CCCCC1Cc2cc(OCCCOC)c(Cl)cc2-c2cc(=O)c(C)cn21. The molecule has 0 amide bonds. The number of hydrogen-bond donors (Lipinski definition) is 0. The van der Waals surface area contributed by atoms with Crippen LogP contribution in [0, 0.1) is 6.92 Å². The van der Waals surface area contributed by atoms with Gasteiger partial charge in [-0.25, -0.2) is 0 Å². The van der Waals surface area contributed by atoms with Crippen LogP contribution in [0.1, 0.15) is 49.8 Å². The van der Waals surface area contributed by atoms with Crippen LogP contribution in [0.4, 0.5) is 0 Å². The molecule has 2 aromatic rings. The van der Waals surface area contributed by atoms with Crippen molar-refractivity contribution in [2.75, 3.05) is 20.3 Å². The Morgan fingerprint density at radius 2 is 2.04 bits per heavy atom. The van der Waals surface area contributed by atoms with Crippen LogP contribution in [0.5, 0.6) is 5.75 Å². The first kappa shape index (κ1) is 20.0. The Morgan fingerprint density at radius 3 is 2.78 bits per heavy atom. The normalized spacial score (nSPS) is 15.3. The topological polar surface area (TPSA) is 40.5 Å². The zero-order chi connectivity index (χ0) is 19.4. The van der Waals surface area contributed by atoms with Crippen molar-refractivity contribution >= 4 is 11.6 Å². The Labute approximate surface area is 166 Å². The number of nitrogens with zero attached hydrogens (tertiary/aromatic N) is 1. The van der Waals surface area contributed by atoms with Crippen LogP contribution in [0.25, 0.3) is 11.3 Å². The smallest absolute Gasteiger partial charge is 0.185 e. The molecule has 1 unspecified atom stereocenters. The van der Waals surface area contributed by atoms with E-state index in [1.807, 2.05) is 19.2 Å². The van der Waals surface area contributed by atoms with E-state index in [1.165, 1.54) is 12.0 Å². The lowest BCUT2D eigenvalue weighted by atomic mass is 9.90. The van der Waals surface area contributed by atoms with Crippen LogP contribution < -0.4 is 10.2 Å². The van der Waals surface area contributed by atoms with Gasteiger partial charge in [0.05, 0.1) is 17.3 Å². The van der Waals surface area contributed by atoms with Gasteiger partial charge in [0.1, 0.15) is 5.75 Å². The van der Waals surface area contributed by atoms with Crippen LogP contribution in [0.3, 0.4) is 0 Å². The summed E-state index contributed by atoms with van der Waals surface area (Å²) in [4.78, 5) is 12.3. The number of fused-ring (bicyclic) bond motifs is 3. The maximum atomic E-state index is 12.3. The fraction of sp³-hybridized carbons (Fsp3) is 0.500. The minimum atomic E-state index is 0.0688. The molecule has 0 fully saturated rings. The van der Waals surface area contributed by atoms with E-state index < -0.39 is 0 Å². The second kappa shape index (κ2) is 8.94. The number of pyridine rings is 1. The third-order valence-corrected chi connectivity index (χ3v) is 5.49. The van der Waals surface area contributed by atoms with Crippen molar-refractivity contribution < 1.29 is 9.47 Å². The van der Waals surface area contributed by atoms with E-state index in [2.05, 4.69) is 17.6 Å². The third-order valence-electron chi connectivity index (χ3n) is 5.19. The predicted octanol–water partition coefficient (Wildman–Crippen LogP) is 5.18. The van der Waals surface area contributed by atoms with Crippen LogP contribution in [0.2, 0.25) is 5.02 Å². The lowest BCUT2D eigenvalue weighted by molar-refractivity contribution is 0.172. The molecule has 4 nitrogen and oxygen atoms in total. The van der Waals surface area contributed by atoms with Crippen LogP contribution >= 0.6 is 11.6 Å². The van der Waals surface area contributed by atoms with Gasteiger partial charge in [0, 0.05) is 49.6 Å². The molecule has 0 saturated carbocycles. The van der Waals surface area contributed by atoms with Crippen molar-refractivity contribution in [3.05, 3.63) is 50.8 Å². The fourth-order valence-corrected chi connectivity index (χ4v) is 3.92. The largest absolute Gasteiger partial charge is 0.492 e. The molecule has 0 radical (unpaired) electrons. The first-order valence-electron chi connectivity index (χ1n) is 9.72. The highest BCUT2D eigenvalue weighted by molar-refractivity contribution is 6.32. The number of benzene rings is 1. The summed E-state index contributed by atoms with van der Waals surface area (Å²) in [6.45, 7) is 5.32. The molecule has 1 aliphatic rings. The van der Waals surface area contributed by atoms with Gasteiger partial charge in [0.25, 0.3) is 0 Å². The summed E-state index contributed by atoms with van der Waals surface area (Å²) >= 11 is 6.49. The summed E-state index contributed by atoms with van der Waals surface area (Å²) < 4.78 is 13.2. The van der Waals surface area contributed by atoms with Gasteiger partial charge in [-0.1, -0.05) is 31.4 Å². The van der Waals surface area contributed by atoms with Gasteiger partial charge in [0.2, 0.25) is 0 Å². The van der Waals surface area contributed by atoms with E-state index >= 15 is 0 Å². The number of aromatic nitrogens is 1. The molecule has 1 atom stereocenters. The Hall–Kier alpha value is -1.78. The number of ether oxygens (including phenoxy) is 2. The molecule has 0 spiro atoms. The maximum absolute atomic E-state index is 12.3. The zero-order valence-corrected chi connectivity index (χ0v) is 17.1. The second-order valence-electron chi connectivity index (χ2n) is 7.25. The van der Waals surface area contributed by atoms with E-state index in [9.17, 15) is 4.79 Å². The van der Waals surface area contributed by atoms with E-state index in [1.54, 1.807) is 13.2 Å². The Balaban J connectivity index is 1.98. The van der Waals surface area contributed by atoms with Crippen molar-refractivity contribution in [2.24, 2.45) is 0 Å². The van der Waals surface area contributed by atoms with Gasteiger partial charge in [-0.3, -0.25) is 4.79 Å². The molecular weight excluding hydrogens is 362 g/mol. The van der Waals surface area contributed by atoms with Crippen LogP contribution in [0.15, 0.2) is 29.2 Å². The Morgan fingerprint density at radius 1 is 1.22 bits per heavy atom. The Bertz CT molecular complexity index is 859. The lowest BCUT2D eigenvalue weighted by Gasteiger charge is -2.31. The molecule has 146 valence electrons. The first-order chi connectivity index (χ1) is 13.0. The molecule has 2 heterocycles. The van der Waals surface area contributed by atoms with Crippen molar-refractivity contribution in [3.63, 3.8) is 0 Å². The highest BCUT2D eigenvalue weighted by Crippen LogP contribution is 2.41. The summed E-state index contributed by atoms with van der Waals surface area (Å²) in [5.74, 6) is 0.712. The molecule has 5 heteroatoms. The van der Waals surface area contributed by atoms with Crippen molar-refractivity contribution in [3.8, 4) is 17.0 Å². The van der Waals surface area contributed by atoms with Gasteiger partial charge in [-0.2, -0.15) is 0 Å². The highest BCUT2D eigenvalue weighted by Gasteiger charge is 2.25. The van der Waals surface area contributed by atoms with Gasteiger partial charge in [-0.15, -0.1) is 0 Å². The number of aryl methyl sites for hydroxylation is 1. The van der Waals surface area contributed by atoms with Crippen molar-refractivity contribution in [2.45, 2.75) is 52.0 Å². The fourth-order valence-electron chi connectivity index (χ4n) is 3.71. The van der Waals surface area contributed by atoms with Gasteiger partial charge < -0.3 is 14.0 Å². The molecule has 3 rings (SSSR count). The van der Waals surface area contributed by atoms with E-state index in [4.69, 9.17) is 21.1 Å². The van der Waals surface area contributed by atoms with E-state index in [-0.39, 0.29) is 5.43 Å². The number of rotatable bonds is 8. The summed E-state index contributed by atoms with van der Waals surface area (Å²) in [6, 6.07) is 6.10. The highest BCUT2D eigenvalue weighted by atomic mass is 35.5. The number of unbranched alkanes of at least 4 members (excludes halogenated alkanes) is 1. The van der Waals surface area contributed by atoms with Gasteiger partial charge in [-0.05, 0) is 37.5 Å². The van der Waals surface area contributed by atoms with Crippen molar-refractivity contribution in [1.29, 1.82) is 0 Å². The number of hydrogen-bond acceptors (Lipinski definition) is 3. The maximum Gasteiger partial charge on any atom is 0.185 e. The minimum Gasteiger partial charge on any atom is -0.492 e. The molecule has 0 aliphatic carbocycles. The summed E-state index contributed by atoms with van der Waals surface area (Å²) in [7, 11) is 1.68. The van der Waals surface area contributed by atoms with Gasteiger partial charge in [0.15, 0.2) is 5.43 Å². The monoisotopic (exact) mass is 389 g/mol. The van der Waals surface area contributed by atoms with E-state index in [0.717, 1.165) is 42.5 Å². The molecule has 1 aromatic carbocycles. The Kier molecular flexibility index (Phi) is 6.61. The standard InChI is InChI=1S/C22H28ClNO3/c1-4-5-7-17-10-16-11-22(27-9-6-8-26-3)19(23)12-18(16)20-13-21(25)15(2)14-24(17)20/h11-14,17H,4-10H2,1-3H3. The molecule has 0 bridgehead atoms. The molecule has 1 aromatic heterocycles. The van der Waals surface area contributed by atoms with Crippen molar-refractivity contribution in [1.82, 2.24) is 4.57 Å². The van der Waals surface area contributed by atoms with Crippen LogP contribution in [-0.4, -0.2) is 24.9 Å². The summed E-state index contributed by atoms with van der Waals surface area (Å²) in [5.41, 5.74) is 4.05. The lowest BCUT2D eigenvalue weighted by Crippen LogP contribution is -2.23. The molecular formula is C22H28ClNO3. The minimum absolute atomic E-state index is 0.0688. The molecule has 0 saturated heterocycles. The van der Waals surface area contributed by atoms with Crippen LogP contribution in [-0.2, 0) is 11.2 Å². The third kappa shape index (κ3) is 4.39. The first-order valence-corrected chi connectivity index (χ1v) is 10.1. The quantitative estimate of drug-likeness (QED) is 0.584. The molecule has 0 N–H and O–H groups in total. The summed E-state index contributed by atoms with van der Waals surface area (Å²) in [6.07, 6.45) is 7.17. The van der Waals surface area contributed by atoms with E-state index in [0.29, 0.717) is 30.0 Å².